The Labute approximate surface area is 222 Å². The van der Waals surface area contributed by atoms with E-state index in [1.165, 1.54) is 13.2 Å². The number of aromatic amines is 1. The molecule has 0 spiro atoms. The van der Waals surface area contributed by atoms with Gasteiger partial charge in [-0.3, -0.25) is 4.79 Å². The number of fused-ring (bicyclic) bond motifs is 1. The Hall–Kier alpha value is -3.73. The molecule has 0 aliphatic rings. The molecule has 4 rings (SSSR count). The van der Waals surface area contributed by atoms with Crippen molar-refractivity contribution in [1.82, 2.24) is 10.3 Å². The Balaban J connectivity index is 1.43. The molecule has 182 valence electrons. The van der Waals surface area contributed by atoms with Gasteiger partial charge in [-0.05, 0) is 59.5 Å². The summed E-state index contributed by atoms with van der Waals surface area (Å²) in [7, 11) is 1.54. The highest BCUT2D eigenvalue weighted by Gasteiger charge is 2.14. The summed E-state index contributed by atoms with van der Waals surface area (Å²) in [5.74, 6) is 0.569. The van der Waals surface area contributed by atoms with Crippen molar-refractivity contribution in [2.24, 2.45) is 0 Å². The van der Waals surface area contributed by atoms with Gasteiger partial charge in [0.15, 0.2) is 11.5 Å². The first-order valence-electron chi connectivity index (χ1n) is 11.2. The van der Waals surface area contributed by atoms with E-state index in [1.807, 2.05) is 48.7 Å². The number of nitrogens with zero attached hydrogens (tertiary/aromatic N) is 1. The molecule has 0 saturated carbocycles. The third-order valence-electron chi connectivity index (χ3n) is 5.61. The Morgan fingerprint density at radius 1 is 1.17 bits per heavy atom. The number of hydrogen-bond donors (Lipinski definition) is 2. The van der Waals surface area contributed by atoms with Gasteiger partial charge in [-0.1, -0.05) is 57.9 Å². The average Bonchev–Trinajstić information content (AvgIpc) is 3.30. The van der Waals surface area contributed by atoms with Crippen molar-refractivity contribution in [3.63, 3.8) is 0 Å². The molecule has 0 bridgehead atoms. The molecule has 1 aromatic heterocycles. The number of H-pyrrole nitrogens is 1. The molecular formula is C28H23BrClN3O3. The maximum absolute atomic E-state index is 12.7. The van der Waals surface area contributed by atoms with E-state index in [-0.39, 0.29) is 5.57 Å². The highest BCUT2D eigenvalue weighted by Crippen LogP contribution is 2.35. The van der Waals surface area contributed by atoms with Crippen molar-refractivity contribution < 1.29 is 14.3 Å². The number of hydrogen-bond acceptors (Lipinski definition) is 4. The number of nitriles is 1. The zero-order chi connectivity index (χ0) is 25.5. The molecule has 0 aliphatic heterocycles. The maximum Gasteiger partial charge on any atom is 0.261 e. The first-order valence-corrected chi connectivity index (χ1v) is 12.4. The number of ether oxygens (including phenoxy) is 2. The van der Waals surface area contributed by atoms with Crippen molar-refractivity contribution in [3.05, 3.63) is 98.6 Å². The van der Waals surface area contributed by atoms with Gasteiger partial charge in [-0.25, -0.2) is 0 Å². The Morgan fingerprint density at radius 3 is 2.69 bits per heavy atom. The fourth-order valence-electron chi connectivity index (χ4n) is 3.72. The van der Waals surface area contributed by atoms with Crippen LogP contribution in [0.25, 0.3) is 17.0 Å². The lowest BCUT2D eigenvalue weighted by Gasteiger charge is -2.13. The van der Waals surface area contributed by atoms with E-state index >= 15 is 0 Å². The highest BCUT2D eigenvalue weighted by atomic mass is 79.9. The van der Waals surface area contributed by atoms with Gasteiger partial charge < -0.3 is 19.8 Å². The monoisotopic (exact) mass is 563 g/mol. The number of aromatic nitrogens is 1. The van der Waals surface area contributed by atoms with Gasteiger partial charge in [0.1, 0.15) is 18.2 Å². The smallest absolute Gasteiger partial charge is 0.261 e. The zero-order valence-corrected chi connectivity index (χ0v) is 21.8. The van der Waals surface area contributed by atoms with Gasteiger partial charge in [-0.15, -0.1) is 0 Å². The summed E-state index contributed by atoms with van der Waals surface area (Å²) in [6, 6.07) is 20.8. The second kappa shape index (κ2) is 11.8. The Morgan fingerprint density at radius 2 is 1.94 bits per heavy atom. The lowest BCUT2D eigenvalue weighted by molar-refractivity contribution is -0.117. The number of para-hydroxylation sites is 1. The summed E-state index contributed by atoms with van der Waals surface area (Å²) in [4.78, 5) is 15.9. The molecule has 0 saturated heterocycles. The van der Waals surface area contributed by atoms with Crippen LogP contribution in [-0.2, 0) is 17.8 Å². The average molecular weight is 565 g/mol. The minimum atomic E-state index is -0.439. The van der Waals surface area contributed by atoms with Crippen molar-refractivity contribution in [1.29, 1.82) is 5.26 Å². The van der Waals surface area contributed by atoms with E-state index in [0.717, 1.165) is 22.0 Å². The predicted molar refractivity (Wildman–Crippen MR) is 145 cm³/mol. The number of nitrogens with one attached hydrogen (secondary N) is 2. The standard InChI is InChI=1S/C28H23BrClN3O3/c1-35-26-13-20(24(29)14-27(26)36-17-18-6-8-22(30)9-7-18)12-21(15-31)28(34)32-11-10-19-16-33-25-5-3-2-4-23(19)25/h2-9,12-14,16,33H,10-11,17H2,1H3,(H,32,34)/b21-12-. The minimum Gasteiger partial charge on any atom is -0.493 e. The molecule has 0 unspecified atom stereocenters. The SMILES string of the molecule is COc1cc(/C=C(/C#N)C(=O)NCCc2c[nH]c3ccccc23)c(Br)cc1OCc1ccc(Cl)cc1. The molecule has 1 heterocycles. The number of carbonyl (C=O) groups is 1. The van der Waals surface area contributed by atoms with Crippen LogP contribution in [0.5, 0.6) is 11.5 Å². The molecule has 0 radical (unpaired) electrons. The third-order valence-corrected chi connectivity index (χ3v) is 6.55. The summed E-state index contributed by atoms with van der Waals surface area (Å²) in [6.45, 7) is 0.735. The van der Waals surface area contributed by atoms with Crippen molar-refractivity contribution >= 4 is 50.4 Å². The van der Waals surface area contributed by atoms with Crippen LogP contribution in [0.1, 0.15) is 16.7 Å². The fraction of sp³-hybridized carbons (Fsp3) is 0.143. The van der Waals surface area contributed by atoms with Crippen LogP contribution in [0.3, 0.4) is 0 Å². The number of halogens is 2. The van der Waals surface area contributed by atoms with E-state index in [1.54, 1.807) is 24.3 Å². The summed E-state index contributed by atoms with van der Waals surface area (Å²) in [6.07, 6.45) is 4.11. The van der Waals surface area contributed by atoms with Crippen LogP contribution in [0, 0.1) is 11.3 Å². The van der Waals surface area contributed by atoms with Gasteiger partial charge in [-0.2, -0.15) is 5.26 Å². The lowest BCUT2D eigenvalue weighted by Crippen LogP contribution is -2.26. The molecular weight excluding hydrogens is 542 g/mol. The van der Waals surface area contributed by atoms with Gasteiger partial charge in [0, 0.05) is 33.1 Å². The maximum atomic E-state index is 12.7. The molecule has 8 heteroatoms. The van der Waals surface area contributed by atoms with E-state index in [9.17, 15) is 10.1 Å². The van der Waals surface area contributed by atoms with Gasteiger partial charge in [0.2, 0.25) is 0 Å². The van der Waals surface area contributed by atoms with Crippen LogP contribution in [-0.4, -0.2) is 24.5 Å². The molecule has 0 aliphatic carbocycles. The second-order valence-electron chi connectivity index (χ2n) is 7.97. The minimum absolute atomic E-state index is 0.00786. The summed E-state index contributed by atoms with van der Waals surface area (Å²) < 4.78 is 12.1. The van der Waals surface area contributed by atoms with E-state index in [2.05, 4.69) is 26.2 Å². The number of rotatable bonds is 9. The summed E-state index contributed by atoms with van der Waals surface area (Å²) in [5, 5.41) is 14.2. The normalized spacial score (nSPS) is 11.2. The van der Waals surface area contributed by atoms with E-state index < -0.39 is 5.91 Å². The molecule has 0 atom stereocenters. The topological polar surface area (TPSA) is 87.1 Å². The van der Waals surface area contributed by atoms with Crippen LogP contribution < -0.4 is 14.8 Å². The number of benzene rings is 3. The van der Waals surface area contributed by atoms with Gasteiger partial charge >= 0.3 is 0 Å². The van der Waals surface area contributed by atoms with Crippen molar-refractivity contribution in [2.45, 2.75) is 13.0 Å². The third kappa shape index (κ3) is 6.09. The van der Waals surface area contributed by atoms with Crippen LogP contribution in [0.2, 0.25) is 5.02 Å². The molecule has 2 N–H and O–H groups in total. The molecule has 36 heavy (non-hydrogen) atoms. The van der Waals surface area contributed by atoms with Gasteiger partial charge in [0.25, 0.3) is 5.91 Å². The highest BCUT2D eigenvalue weighted by molar-refractivity contribution is 9.10. The molecule has 6 nitrogen and oxygen atoms in total. The van der Waals surface area contributed by atoms with Crippen molar-refractivity contribution in [3.8, 4) is 17.6 Å². The summed E-state index contributed by atoms with van der Waals surface area (Å²) in [5.41, 5.74) is 3.73. The van der Waals surface area contributed by atoms with E-state index in [0.29, 0.717) is 46.1 Å². The van der Waals surface area contributed by atoms with Gasteiger partial charge in [0.05, 0.1) is 7.11 Å². The quantitative estimate of drug-likeness (QED) is 0.181. The first kappa shape index (κ1) is 25.4. The molecule has 0 fully saturated rings. The van der Waals surface area contributed by atoms with Crippen LogP contribution >= 0.6 is 27.5 Å². The largest absolute Gasteiger partial charge is 0.493 e. The molecule has 1 amide bonds. The van der Waals surface area contributed by atoms with Crippen molar-refractivity contribution in [2.75, 3.05) is 13.7 Å². The number of amides is 1. The second-order valence-corrected chi connectivity index (χ2v) is 9.27. The van der Waals surface area contributed by atoms with E-state index in [4.69, 9.17) is 21.1 Å². The van der Waals surface area contributed by atoms with Crippen LogP contribution in [0.4, 0.5) is 0 Å². The Bertz CT molecular complexity index is 1460. The first-order chi connectivity index (χ1) is 17.5. The predicted octanol–water partition coefficient (Wildman–Crippen LogP) is 6.44. The zero-order valence-electron chi connectivity index (χ0n) is 19.5. The molecule has 4 aromatic rings. The molecule has 3 aromatic carbocycles. The number of methoxy groups -OCH3 is 1. The number of carbonyl (C=O) groups excluding carboxylic acids is 1. The lowest BCUT2D eigenvalue weighted by atomic mass is 10.1. The summed E-state index contributed by atoms with van der Waals surface area (Å²) >= 11 is 9.45. The Kier molecular flexibility index (Phi) is 8.32. The fourth-order valence-corrected chi connectivity index (χ4v) is 4.29. The van der Waals surface area contributed by atoms with Crippen LogP contribution in [0.15, 0.2) is 76.9 Å².